The maximum Gasteiger partial charge on any atom is 0.407 e. The largest absolute Gasteiger partial charge is 0.488 e. The number of benzene rings is 1. The molecular weight excluding hydrogens is 399 g/mol. The minimum absolute atomic E-state index is 0.198. The molecule has 1 heterocycles. The molecule has 1 aromatic heterocycles. The lowest BCUT2D eigenvalue weighted by Crippen LogP contribution is -2.45. The molecule has 30 heavy (non-hydrogen) atoms. The number of carbonyl (C=O) groups excluding carboxylic acids is 1. The van der Waals surface area contributed by atoms with E-state index in [1.54, 1.807) is 12.1 Å². The number of halogens is 3. The minimum atomic E-state index is -4.74. The van der Waals surface area contributed by atoms with Gasteiger partial charge in [-0.1, -0.05) is 33.8 Å². The van der Waals surface area contributed by atoms with Crippen LogP contribution in [0.3, 0.4) is 0 Å². The third-order valence-electron chi connectivity index (χ3n) is 3.32. The van der Waals surface area contributed by atoms with Crippen LogP contribution in [0.15, 0.2) is 42.7 Å². The summed E-state index contributed by atoms with van der Waals surface area (Å²) in [4.78, 5) is 18.8. The Morgan fingerprint density at radius 3 is 2.37 bits per heavy atom. The number of alkyl halides is 3. The van der Waals surface area contributed by atoms with Gasteiger partial charge in [-0.2, -0.15) is 13.2 Å². The highest BCUT2D eigenvalue weighted by Crippen LogP contribution is 2.38. The summed E-state index contributed by atoms with van der Waals surface area (Å²) in [6.07, 6.45) is -1.85. The number of aliphatic hydroxyl groups is 1. The van der Waals surface area contributed by atoms with Gasteiger partial charge < -0.3 is 15.2 Å². The maximum atomic E-state index is 13.0. The van der Waals surface area contributed by atoms with Gasteiger partial charge >= 0.3 is 6.18 Å². The molecule has 164 valence electrons. The summed E-state index contributed by atoms with van der Waals surface area (Å²) in [6.45, 7) is 15.5. The molecule has 0 saturated heterocycles. The van der Waals surface area contributed by atoms with Crippen molar-refractivity contribution in [2.24, 2.45) is 0 Å². The van der Waals surface area contributed by atoms with Crippen LogP contribution in [0.5, 0.6) is 5.75 Å². The quantitative estimate of drug-likeness (QED) is 0.623. The van der Waals surface area contributed by atoms with Gasteiger partial charge in [-0.25, -0.2) is 4.85 Å². The van der Waals surface area contributed by atoms with Crippen LogP contribution in [-0.4, -0.2) is 28.2 Å². The Labute approximate surface area is 174 Å². The molecule has 0 fully saturated rings. The van der Waals surface area contributed by atoms with Crippen LogP contribution >= 0.6 is 0 Å². The summed E-state index contributed by atoms with van der Waals surface area (Å²) in [6, 6.07) is 5.91. The van der Waals surface area contributed by atoms with Gasteiger partial charge in [0.05, 0.1) is 18.3 Å². The number of anilines is 1. The molecule has 9 heteroatoms. The van der Waals surface area contributed by atoms with Crippen molar-refractivity contribution in [3.05, 3.63) is 59.7 Å². The Balaban J connectivity index is 0.00000198. The SMILES string of the molecule is CC.CC.[C-]#[N+]c1ccc(NC(=O)[C@@](C)(O)COc2cccnc2)cc1C(F)(F)F. The molecule has 2 N–H and O–H groups in total. The molecule has 0 aliphatic rings. The second-order valence-corrected chi connectivity index (χ2v) is 5.55. The first-order valence-electron chi connectivity index (χ1n) is 9.29. The molecule has 2 aromatic rings. The van der Waals surface area contributed by atoms with Crippen LogP contribution in [0.4, 0.5) is 24.5 Å². The normalized spacial score (nSPS) is 12.0. The first-order valence-corrected chi connectivity index (χ1v) is 9.29. The molecular formula is C21H26F3N3O3. The van der Waals surface area contributed by atoms with E-state index in [0.717, 1.165) is 19.1 Å². The number of nitrogens with zero attached hydrogens (tertiary/aromatic N) is 2. The number of hydrogen-bond acceptors (Lipinski definition) is 4. The molecule has 0 aliphatic heterocycles. The number of amides is 1. The number of pyridine rings is 1. The van der Waals surface area contributed by atoms with E-state index >= 15 is 0 Å². The molecule has 0 radical (unpaired) electrons. The first-order chi connectivity index (χ1) is 14.1. The average molecular weight is 425 g/mol. The maximum absolute atomic E-state index is 13.0. The molecule has 0 unspecified atom stereocenters. The zero-order chi connectivity index (χ0) is 23.4. The second-order valence-electron chi connectivity index (χ2n) is 5.55. The van der Waals surface area contributed by atoms with Crippen LogP contribution in [0.1, 0.15) is 40.2 Å². The van der Waals surface area contributed by atoms with E-state index < -0.39 is 35.5 Å². The lowest BCUT2D eigenvalue weighted by molar-refractivity contribution is -0.137. The van der Waals surface area contributed by atoms with Gasteiger partial charge in [0.1, 0.15) is 12.4 Å². The molecule has 1 atom stereocenters. The van der Waals surface area contributed by atoms with Gasteiger partial charge in [0.2, 0.25) is 0 Å². The van der Waals surface area contributed by atoms with Crippen molar-refractivity contribution in [2.75, 3.05) is 11.9 Å². The third kappa shape index (κ3) is 8.09. The summed E-state index contributed by atoms with van der Waals surface area (Å²) < 4.78 is 44.1. The molecule has 0 bridgehead atoms. The molecule has 6 nitrogen and oxygen atoms in total. The number of aromatic nitrogens is 1. The average Bonchev–Trinajstić information content (AvgIpc) is 2.75. The summed E-state index contributed by atoms with van der Waals surface area (Å²) in [5.41, 5.74) is -3.96. The van der Waals surface area contributed by atoms with Crippen LogP contribution in [0, 0.1) is 6.57 Å². The van der Waals surface area contributed by atoms with Crippen LogP contribution in [-0.2, 0) is 11.0 Å². The summed E-state index contributed by atoms with van der Waals surface area (Å²) >= 11 is 0. The number of ether oxygens (including phenoxy) is 1. The molecule has 0 aliphatic carbocycles. The van der Waals surface area contributed by atoms with Gasteiger partial charge in [-0.05, 0) is 31.2 Å². The Morgan fingerprint density at radius 2 is 1.87 bits per heavy atom. The zero-order valence-electron chi connectivity index (χ0n) is 17.5. The van der Waals surface area contributed by atoms with Crippen molar-refractivity contribution in [2.45, 2.75) is 46.4 Å². The number of carbonyl (C=O) groups is 1. The van der Waals surface area contributed by atoms with Crippen molar-refractivity contribution in [3.63, 3.8) is 0 Å². The van der Waals surface area contributed by atoms with E-state index in [1.807, 2.05) is 27.7 Å². The summed E-state index contributed by atoms with van der Waals surface area (Å²) in [5, 5.41) is 12.4. The predicted molar refractivity (Wildman–Crippen MR) is 109 cm³/mol. The Hall–Kier alpha value is -3.12. The Bertz CT molecular complexity index is 833. The highest BCUT2D eigenvalue weighted by atomic mass is 19.4. The van der Waals surface area contributed by atoms with Gasteiger partial charge in [-0.3, -0.25) is 9.78 Å². The van der Waals surface area contributed by atoms with Gasteiger partial charge in [0, 0.05) is 11.9 Å². The molecule has 1 aromatic carbocycles. The fourth-order valence-electron chi connectivity index (χ4n) is 1.93. The van der Waals surface area contributed by atoms with Gasteiger partial charge in [-0.15, -0.1) is 0 Å². The standard InChI is InChI=1S/C17H14F3N3O3.2C2H6/c1-16(25,10-26-12-4-3-7-22-9-12)15(24)23-11-5-6-14(21-2)13(8-11)17(18,19)20;2*1-2/h3-9,25H,10H2,1H3,(H,23,24);2*1-2H3/t16-;;/m0../s1. The number of rotatable bonds is 5. The van der Waals surface area contributed by atoms with Gasteiger partial charge in [0.15, 0.2) is 11.3 Å². The predicted octanol–water partition coefficient (Wildman–Crippen LogP) is 5.47. The second kappa shape index (κ2) is 12.4. The van der Waals surface area contributed by atoms with Crippen molar-refractivity contribution in [3.8, 4) is 5.75 Å². The van der Waals surface area contributed by atoms with E-state index in [4.69, 9.17) is 11.3 Å². The third-order valence-corrected chi connectivity index (χ3v) is 3.32. The molecule has 1 amide bonds. The van der Waals surface area contributed by atoms with Crippen LogP contribution in [0.25, 0.3) is 4.85 Å². The zero-order valence-corrected chi connectivity index (χ0v) is 17.5. The Morgan fingerprint density at radius 1 is 1.23 bits per heavy atom. The lowest BCUT2D eigenvalue weighted by Gasteiger charge is -2.23. The fraction of sp³-hybridized carbons (Fsp3) is 0.381. The fourth-order valence-corrected chi connectivity index (χ4v) is 1.93. The van der Waals surface area contributed by atoms with Crippen LogP contribution < -0.4 is 10.1 Å². The molecule has 2 rings (SSSR count). The van der Waals surface area contributed by atoms with Crippen LogP contribution in [0.2, 0.25) is 0 Å². The monoisotopic (exact) mass is 425 g/mol. The Kier molecular flexibility index (Phi) is 11.1. The van der Waals surface area contributed by atoms with Crippen molar-refractivity contribution in [1.29, 1.82) is 0 Å². The highest BCUT2D eigenvalue weighted by Gasteiger charge is 2.35. The number of nitrogens with one attached hydrogen (secondary N) is 1. The summed E-state index contributed by atoms with van der Waals surface area (Å²) in [7, 11) is 0. The van der Waals surface area contributed by atoms with Crippen molar-refractivity contribution < 1.29 is 27.8 Å². The van der Waals surface area contributed by atoms with E-state index in [9.17, 15) is 23.1 Å². The minimum Gasteiger partial charge on any atom is -0.488 e. The highest BCUT2D eigenvalue weighted by molar-refractivity contribution is 5.97. The topological polar surface area (TPSA) is 75.8 Å². The molecule has 0 spiro atoms. The lowest BCUT2D eigenvalue weighted by atomic mass is 10.1. The van der Waals surface area contributed by atoms with E-state index in [0.29, 0.717) is 11.8 Å². The van der Waals surface area contributed by atoms with E-state index in [2.05, 4.69) is 15.1 Å². The first kappa shape index (κ1) is 26.9. The van der Waals surface area contributed by atoms with Gasteiger partial charge in [0.25, 0.3) is 5.91 Å². The van der Waals surface area contributed by atoms with E-state index in [1.165, 1.54) is 12.4 Å². The summed E-state index contributed by atoms with van der Waals surface area (Å²) in [5.74, 6) is -0.633. The smallest absolute Gasteiger partial charge is 0.407 e. The van der Waals surface area contributed by atoms with Crippen molar-refractivity contribution in [1.82, 2.24) is 4.98 Å². The van der Waals surface area contributed by atoms with Crippen molar-refractivity contribution >= 4 is 17.3 Å². The number of hydrogen-bond donors (Lipinski definition) is 2. The molecule has 0 saturated carbocycles. The van der Waals surface area contributed by atoms with E-state index in [-0.39, 0.29) is 5.69 Å².